The first-order valence-electron chi connectivity index (χ1n) is 8.97. The normalized spacial score (nSPS) is 10.3. The molecule has 0 bridgehead atoms. The van der Waals surface area contributed by atoms with Gasteiger partial charge in [0.25, 0.3) is 5.91 Å². The molecule has 0 saturated carbocycles. The molecule has 0 aliphatic heterocycles. The Morgan fingerprint density at radius 1 is 0.852 bits per heavy atom. The van der Waals surface area contributed by atoms with Gasteiger partial charge in [-0.2, -0.15) is 0 Å². The lowest BCUT2D eigenvalue weighted by Crippen LogP contribution is -2.41. The molecule has 0 fully saturated rings. The number of nitrogens with one attached hydrogen (secondary N) is 3. The average molecular weight is 367 g/mol. The first-order chi connectivity index (χ1) is 12.9. The number of benzene rings is 2. The van der Waals surface area contributed by atoms with Gasteiger partial charge in [-0.15, -0.1) is 0 Å². The molecule has 27 heavy (non-hydrogen) atoms. The molecule has 2 aromatic rings. The van der Waals surface area contributed by atoms with Gasteiger partial charge in [-0.3, -0.25) is 25.2 Å². The van der Waals surface area contributed by atoms with Crippen LogP contribution >= 0.6 is 0 Å². The summed E-state index contributed by atoms with van der Waals surface area (Å²) in [7, 11) is 0. The number of hydrogen-bond acceptors (Lipinski definition) is 3. The van der Waals surface area contributed by atoms with Crippen LogP contribution in [0.5, 0.6) is 0 Å². The summed E-state index contributed by atoms with van der Waals surface area (Å²) in [5.41, 5.74) is 6.89. The lowest BCUT2D eigenvalue weighted by atomic mass is 10.1. The number of carbonyl (C=O) groups is 3. The molecule has 0 radical (unpaired) electrons. The molecule has 2 aromatic carbocycles. The van der Waals surface area contributed by atoms with E-state index in [1.165, 1.54) is 0 Å². The summed E-state index contributed by atoms with van der Waals surface area (Å²) in [6, 6.07) is 16.2. The van der Waals surface area contributed by atoms with Crippen LogP contribution in [0.25, 0.3) is 0 Å². The maximum atomic E-state index is 12.1. The first-order valence-corrected chi connectivity index (χ1v) is 8.97. The van der Waals surface area contributed by atoms with Gasteiger partial charge in [0.15, 0.2) is 0 Å². The monoisotopic (exact) mass is 367 g/mol. The van der Waals surface area contributed by atoms with E-state index < -0.39 is 5.91 Å². The van der Waals surface area contributed by atoms with Crippen molar-refractivity contribution >= 4 is 23.4 Å². The Bertz CT molecular complexity index is 771. The van der Waals surface area contributed by atoms with Gasteiger partial charge in [0.05, 0.1) is 0 Å². The van der Waals surface area contributed by atoms with E-state index >= 15 is 0 Å². The van der Waals surface area contributed by atoms with Crippen molar-refractivity contribution in [3.63, 3.8) is 0 Å². The van der Waals surface area contributed by atoms with E-state index in [4.69, 9.17) is 0 Å². The van der Waals surface area contributed by atoms with Gasteiger partial charge in [0.2, 0.25) is 11.8 Å². The summed E-state index contributed by atoms with van der Waals surface area (Å²) >= 11 is 0. The first kappa shape index (κ1) is 20.2. The Balaban J connectivity index is 1.76. The van der Waals surface area contributed by atoms with Gasteiger partial charge in [-0.05, 0) is 42.2 Å². The second kappa shape index (κ2) is 10.1. The van der Waals surface area contributed by atoms with Crippen LogP contribution in [0.4, 0.5) is 5.69 Å². The average Bonchev–Trinajstić information content (AvgIpc) is 2.65. The van der Waals surface area contributed by atoms with Gasteiger partial charge in [-0.25, -0.2) is 0 Å². The Labute approximate surface area is 159 Å². The summed E-state index contributed by atoms with van der Waals surface area (Å²) < 4.78 is 0. The molecule has 0 aliphatic rings. The molecule has 2 rings (SSSR count). The molecule has 0 unspecified atom stereocenters. The van der Waals surface area contributed by atoms with Crippen molar-refractivity contribution in [2.75, 3.05) is 5.32 Å². The second-order valence-corrected chi connectivity index (χ2v) is 6.71. The smallest absolute Gasteiger partial charge is 0.269 e. The lowest BCUT2D eigenvalue weighted by molar-refractivity contribution is -0.121. The van der Waals surface area contributed by atoms with E-state index in [1.807, 2.05) is 44.2 Å². The lowest BCUT2D eigenvalue weighted by Gasteiger charge is -2.09. The second-order valence-electron chi connectivity index (χ2n) is 6.71. The fraction of sp³-hybridized carbons (Fsp3) is 0.286. The third-order valence-electron chi connectivity index (χ3n) is 3.82. The molecule has 0 aromatic heterocycles. The minimum Gasteiger partial charge on any atom is -0.326 e. The van der Waals surface area contributed by atoms with Crippen molar-refractivity contribution in [3.05, 3.63) is 65.7 Å². The summed E-state index contributed by atoms with van der Waals surface area (Å²) in [5, 5.41) is 2.78. The van der Waals surface area contributed by atoms with E-state index in [0.717, 1.165) is 5.56 Å². The minimum atomic E-state index is -0.414. The predicted molar refractivity (Wildman–Crippen MR) is 105 cm³/mol. The molecule has 0 spiro atoms. The number of carbonyl (C=O) groups excluding carboxylic acids is 3. The molecule has 3 N–H and O–H groups in total. The highest BCUT2D eigenvalue weighted by Crippen LogP contribution is 2.11. The number of rotatable bonds is 7. The van der Waals surface area contributed by atoms with Crippen LogP contribution in [0.3, 0.4) is 0 Å². The van der Waals surface area contributed by atoms with Crippen LogP contribution in [0.15, 0.2) is 54.6 Å². The van der Waals surface area contributed by atoms with Gasteiger partial charge in [0.1, 0.15) is 0 Å². The Morgan fingerprint density at radius 2 is 1.52 bits per heavy atom. The van der Waals surface area contributed by atoms with Crippen molar-refractivity contribution in [2.24, 2.45) is 5.92 Å². The molecule has 142 valence electrons. The van der Waals surface area contributed by atoms with Gasteiger partial charge in [0, 0.05) is 24.1 Å². The number of hydrogen-bond donors (Lipinski definition) is 3. The zero-order valence-corrected chi connectivity index (χ0v) is 15.6. The minimum absolute atomic E-state index is 0.0621. The molecule has 0 atom stereocenters. The zero-order valence-electron chi connectivity index (χ0n) is 15.6. The van der Waals surface area contributed by atoms with E-state index in [0.29, 0.717) is 24.1 Å². The maximum absolute atomic E-state index is 12.1. The van der Waals surface area contributed by atoms with Crippen LogP contribution < -0.4 is 16.2 Å². The van der Waals surface area contributed by atoms with E-state index in [1.54, 1.807) is 24.3 Å². The quantitative estimate of drug-likeness (QED) is 0.657. The highest BCUT2D eigenvalue weighted by atomic mass is 16.2. The maximum Gasteiger partial charge on any atom is 0.269 e. The van der Waals surface area contributed by atoms with Gasteiger partial charge in [-0.1, -0.05) is 44.2 Å². The highest BCUT2D eigenvalue weighted by Gasteiger charge is 2.09. The van der Waals surface area contributed by atoms with Crippen molar-refractivity contribution in [1.29, 1.82) is 0 Å². The molecule has 0 heterocycles. The van der Waals surface area contributed by atoms with Crippen molar-refractivity contribution < 1.29 is 14.4 Å². The fourth-order valence-corrected chi connectivity index (χ4v) is 2.45. The third kappa shape index (κ3) is 7.32. The van der Waals surface area contributed by atoms with Crippen LogP contribution in [-0.4, -0.2) is 17.7 Å². The molecule has 3 amide bonds. The molecular weight excluding hydrogens is 342 g/mol. The number of hydrazine groups is 1. The third-order valence-corrected chi connectivity index (χ3v) is 3.82. The number of amides is 3. The van der Waals surface area contributed by atoms with E-state index in [9.17, 15) is 14.4 Å². The Morgan fingerprint density at radius 3 is 2.15 bits per heavy atom. The summed E-state index contributed by atoms with van der Waals surface area (Å²) in [6.45, 7) is 3.95. The largest absolute Gasteiger partial charge is 0.326 e. The molecule has 0 saturated heterocycles. The zero-order chi connectivity index (χ0) is 19.6. The Hall–Kier alpha value is -3.15. The van der Waals surface area contributed by atoms with Crippen LogP contribution in [-0.2, 0) is 16.0 Å². The molecular formula is C21H25N3O3. The molecule has 6 nitrogen and oxygen atoms in total. The van der Waals surface area contributed by atoms with Gasteiger partial charge < -0.3 is 5.32 Å². The van der Waals surface area contributed by atoms with Crippen LogP contribution in [0.2, 0.25) is 0 Å². The fourth-order valence-electron chi connectivity index (χ4n) is 2.45. The van der Waals surface area contributed by atoms with Crippen molar-refractivity contribution in [2.45, 2.75) is 33.1 Å². The number of aryl methyl sites for hydroxylation is 1. The summed E-state index contributed by atoms with van der Waals surface area (Å²) in [5.74, 6) is -0.457. The van der Waals surface area contributed by atoms with Gasteiger partial charge >= 0.3 is 0 Å². The Kier molecular flexibility index (Phi) is 7.55. The molecule has 0 aliphatic carbocycles. The number of anilines is 1. The molecule has 6 heteroatoms. The topological polar surface area (TPSA) is 87.3 Å². The standard InChI is InChI=1S/C21H25N3O3/c1-15(2)14-20(26)22-18-11-9-17(10-12-18)21(27)24-23-19(25)13-8-16-6-4-3-5-7-16/h3-7,9-12,15H,8,13-14H2,1-2H3,(H,22,26)(H,23,25)(H,24,27). The SMILES string of the molecule is CC(C)CC(=O)Nc1ccc(C(=O)NNC(=O)CCc2ccccc2)cc1. The highest BCUT2D eigenvalue weighted by molar-refractivity contribution is 5.96. The summed E-state index contributed by atoms with van der Waals surface area (Å²) in [6.07, 6.45) is 1.33. The van der Waals surface area contributed by atoms with Crippen molar-refractivity contribution in [3.8, 4) is 0 Å². The van der Waals surface area contributed by atoms with Crippen LogP contribution in [0.1, 0.15) is 42.6 Å². The summed E-state index contributed by atoms with van der Waals surface area (Å²) in [4.78, 5) is 35.7. The van der Waals surface area contributed by atoms with E-state index in [2.05, 4.69) is 16.2 Å². The van der Waals surface area contributed by atoms with Crippen LogP contribution in [0, 0.1) is 5.92 Å². The van der Waals surface area contributed by atoms with E-state index in [-0.39, 0.29) is 24.2 Å². The van der Waals surface area contributed by atoms with Crippen molar-refractivity contribution in [1.82, 2.24) is 10.9 Å². The predicted octanol–water partition coefficient (Wildman–Crippen LogP) is 3.07.